The second-order valence-corrected chi connectivity index (χ2v) is 3.62. The van der Waals surface area contributed by atoms with Gasteiger partial charge in [0.2, 0.25) is 0 Å². The van der Waals surface area contributed by atoms with Crippen molar-refractivity contribution in [3.05, 3.63) is 33.4 Å². The van der Waals surface area contributed by atoms with E-state index in [4.69, 9.17) is 10.8 Å². The lowest BCUT2D eigenvalue weighted by molar-refractivity contribution is -0.138. The lowest BCUT2D eigenvalue weighted by Gasteiger charge is -2.05. The molecule has 0 aliphatic heterocycles. The van der Waals surface area contributed by atoms with Gasteiger partial charge >= 0.3 is 5.97 Å². The van der Waals surface area contributed by atoms with E-state index in [1.54, 1.807) is 18.2 Å². The standard InChI is InChI=1S/C8H8INO2/c9-6-3-1-2-5(4-6)7(10)8(11)12/h1-4,7H,10H2,(H,11,12)/t7-/m0/s1. The monoisotopic (exact) mass is 277 g/mol. The maximum atomic E-state index is 10.5. The molecule has 0 bridgehead atoms. The van der Waals surface area contributed by atoms with Crippen molar-refractivity contribution in [1.29, 1.82) is 0 Å². The highest BCUT2D eigenvalue weighted by Gasteiger charge is 2.13. The smallest absolute Gasteiger partial charge is 0.325 e. The number of carboxylic acid groups (broad SMARTS) is 1. The molecule has 0 heterocycles. The van der Waals surface area contributed by atoms with E-state index in [0.717, 1.165) is 3.57 Å². The molecule has 64 valence electrons. The van der Waals surface area contributed by atoms with E-state index in [1.165, 1.54) is 0 Å². The van der Waals surface area contributed by atoms with E-state index >= 15 is 0 Å². The van der Waals surface area contributed by atoms with Crippen molar-refractivity contribution in [3.8, 4) is 0 Å². The van der Waals surface area contributed by atoms with Crippen LogP contribution in [0.3, 0.4) is 0 Å². The molecule has 3 nitrogen and oxygen atoms in total. The molecule has 0 spiro atoms. The van der Waals surface area contributed by atoms with Crippen LogP contribution < -0.4 is 5.73 Å². The molecule has 0 aromatic heterocycles. The molecule has 4 heteroatoms. The fourth-order valence-corrected chi connectivity index (χ4v) is 1.41. The summed E-state index contributed by atoms with van der Waals surface area (Å²) in [4.78, 5) is 10.5. The van der Waals surface area contributed by atoms with Crippen molar-refractivity contribution in [1.82, 2.24) is 0 Å². The molecule has 3 N–H and O–H groups in total. The molecule has 1 rings (SSSR count). The summed E-state index contributed by atoms with van der Waals surface area (Å²) < 4.78 is 0.988. The highest BCUT2D eigenvalue weighted by Crippen LogP contribution is 2.13. The average molecular weight is 277 g/mol. The molecule has 1 atom stereocenters. The zero-order valence-electron chi connectivity index (χ0n) is 6.20. The molecule has 0 unspecified atom stereocenters. The highest BCUT2D eigenvalue weighted by molar-refractivity contribution is 14.1. The first-order chi connectivity index (χ1) is 5.61. The Bertz CT molecular complexity index is 301. The van der Waals surface area contributed by atoms with Crippen LogP contribution in [-0.2, 0) is 4.79 Å². The van der Waals surface area contributed by atoms with Crippen LogP contribution in [0.5, 0.6) is 0 Å². The SMILES string of the molecule is N[C@H](C(=O)O)c1cccc(I)c1. The predicted molar refractivity (Wildman–Crippen MR) is 53.7 cm³/mol. The Hall–Kier alpha value is -0.620. The topological polar surface area (TPSA) is 63.3 Å². The molecule has 0 fully saturated rings. The van der Waals surface area contributed by atoms with E-state index in [2.05, 4.69) is 22.6 Å². The van der Waals surface area contributed by atoms with Crippen molar-refractivity contribution in [2.75, 3.05) is 0 Å². The molecule has 1 aromatic rings. The molecule has 0 amide bonds. The van der Waals surface area contributed by atoms with Crippen LogP contribution in [-0.4, -0.2) is 11.1 Å². The number of hydrogen-bond acceptors (Lipinski definition) is 2. The van der Waals surface area contributed by atoms with E-state index in [-0.39, 0.29) is 0 Å². The third-order valence-corrected chi connectivity index (χ3v) is 2.14. The fraction of sp³-hybridized carbons (Fsp3) is 0.125. The van der Waals surface area contributed by atoms with Gasteiger partial charge in [-0.2, -0.15) is 0 Å². The van der Waals surface area contributed by atoms with Crippen LogP contribution in [0.15, 0.2) is 24.3 Å². The largest absolute Gasteiger partial charge is 0.480 e. The van der Waals surface area contributed by atoms with Crippen molar-refractivity contribution in [2.45, 2.75) is 6.04 Å². The van der Waals surface area contributed by atoms with Gasteiger partial charge in [-0.15, -0.1) is 0 Å². The van der Waals surface area contributed by atoms with E-state index in [9.17, 15) is 4.79 Å². The summed E-state index contributed by atoms with van der Waals surface area (Å²) >= 11 is 2.11. The first-order valence-electron chi connectivity index (χ1n) is 3.35. The van der Waals surface area contributed by atoms with Crippen LogP contribution >= 0.6 is 22.6 Å². The number of benzene rings is 1. The third kappa shape index (κ3) is 2.18. The summed E-state index contributed by atoms with van der Waals surface area (Å²) in [6, 6.07) is 6.23. The Balaban J connectivity index is 2.95. The number of aliphatic carboxylic acids is 1. The van der Waals surface area contributed by atoms with Crippen molar-refractivity contribution in [2.24, 2.45) is 5.73 Å². The zero-order valence-corrected chi connectivity index (χ0v) is 8.36. The van der Waals surface area contributed by atoms with Gasteiger partial charge in [0.1, 0.15) is 6.04 Å². The second-order valence-electron chi connectivity index (χ2n) is 2.37. The average Bonchev–Trinajstić information content (AvgIpc) is 2.03. The molecule has 0 aliphatic carbocycles. The van der Waals surface area contributed by atoms with Crippen LogP contribution in [0, 0.1) is 3.57 Å². The number of nitrogens with two attached hydrogens (primary N) is 1. The molecule has 12 heavy (non-hydrogen) atoms. The fourth-order valence-electron chi connectivity index (χ4n) is 0.843. The quantitative estimate of drug-likeness (QED) is 0.803. The molecular formula is C8H8INO2. The van der Waals surface area contributed by atoms with Crippen molar-refractivity contribution in [3.63, 3.8) is 0 Å². The normalized spacial score (nSPS) is 12.5. The highest BCUT2D eigenvalue weighted by atomic mass is 127. The van der Waals surface area contributed by atoms with Gasteiger partial charge in [-0.25, -0.2) is 0 Å². The molecule has 0 saturated carbocycles. The van der Waals surface area contributed by atoms with Gasteiger partial charge in [0.25, 0.3) is 0 Å². The van der Waals surface area contributed by atoms with Gasteiger partial charge in [-0.1, -0.05) is 12.1 Å². The van der Waals surface area contributed by atoms with Crippen molar-refractivity contribution < 1.29 is 9.90 Å². The number of carboxylic acids is 1. The first kappa shape index (κ1) is 9.47. The Morgan fingerprint density at radius 1 is 1.58 bits per heavy atom. The second kappa shape index (κ2) is 3.86. The molecule has 0 aliphatic rings. The van der Waals surface area contributed by atoms with Gasteiger partial charge in [0.15, 0.2) is 0 Å². The Labute approximate surface area is 83.7 Å². The van der Waals surface area contributed by atoms with Gasteiger partial charge < -0.3 is 10.8 Å². The summed E-state index contributed by atoms with van der Waals surface area (Å²) in [6.07, 6.45) is 0. The predicted octanol–water partition coefficient (Wildman–Crippen LogP) is 1.38. The summed E-state index contributed by atoms with van der Waals surface area (Å²) in [5.41, 5.74) is 6.04. The Morgan fingerprint density at radius 2 is 2.25 bits per heavy atom. The third-order valence-electron chi connectivity index (χ3n) is 1.47. The van der Waals surface area contributed by atoms with Crippen molar-refractivity contribution >= 4 is 28.6 Å². The minimum Gasteiger partial charge on any atom is -0.480 e. The minimum atomic E-state index is -1.00. The lowest BCUT2D eigenvalue weighted by atomic mass is 10.1. The van der Waals surface area contributed by atoms with E-state index < -0.39 is 12.0 Å². The minimum absolute atomic E-state index is 0.634. The maximum absolute atomic E-state index is 10.5. The molecule has 0 radical (unpaired) electrons. The van der Waals surface area contributed by atoms with Gasteiger partial charge in [0, 0.05) is 3.57 Å². The van der Waals surface area contributed by atoms with E-state index in [1.807, 2.05) is 6.07 Å². The van der Waals surface area contributed by atoms with Crippen LogP contribution in [0.2, 0.25) is 0 Å². The number of halogens is 1. The Morgan fingerprint density at radius 3 is 2.75 bits per heavy atom. The molecular weight excluding hydrogens is 269 g/mol. The molecule has 1 aromatic carbocycles. The van der Waals surface area contributed by atoms with E-state index in [0.29, 0.717) is 5.56 Å². The Kier molecular flexibility index (Phi) is 3.05. The molecule has 0 saturated heterocycles. The van der Waals surface area contributed by atoms with Crippen LogP contribution in [0.4, 0.5) is 0 Å². The van der Waals surface area contributed by atoms with Crippen LogP contribution in [0.1, 0.15) is 11.6 Å². The number of rotatable bonds is 2. The first-order valence-corrected chi connectivity index (χ1v) is 4.43. The van der Waals surface area contributed by atoms with Crippen LogP contribution in [0.25, 0.3) is 0 Å². The van der Waals surface area contributed by atoms with Gasteiger partial charge in [-0.05, 0) is 40.3 Å². The van der Waals surface area contributed by atoms with Gasteiger partial charge in [0.05, 0.1) is 0 Å². The summed E-state index contributed by atoms with van der Waals surface area (Å²) in [5, 5.41) is 8.60. The summed E-state index contributed by atoms with van der Waals surface area (Å²) in [5.74, 6) is -1.00. The number of hydrogen-bond donors (Lipinski definition) is 2. The maximum Gasteiger partial charge on any atom is 0.325 e. The number of carbonyl (C=O) groups is 1. The summed E-state index contributed by atoms with van der Waals surface area (Å²) in [7, 11) is 0. The zero-order chi connectivity index (χ0) is 9.14. The lowest BCUT2D eigenvalue weighted by Crippen LogP contribution is -2.20. The van der Waals surface area contributed by atoms with Gasteiger partial charge in [-0.3, -0.25) is 4.79 Å². The summed E-state index contributed by atoms with van der Waals surface area (Å²) in [6.45, 7) is 0.